The van der Waals surface area contributed by atoms with E-state index in [2.05, 4.69) is 67.8 Å². The summed E-state index contributed by atoms with van der Waals surface area (Å²) >= 11 is 0. The maximum atomic E-state index is 12.5. The van der Waals surface area contributed by atoms with Crippen molar-refractivity contribution in [1.82, 2.24) is 5.32 Å². The Morgan fingerprint density at radius 3 is 1.37 bits per heavy atom. The molecule has 3 N–H and O–H groups in total. The van der Waals surface area contributed by atoms with Crippen LogP contribution < -0.4 is 5.32 Å². The van der Waals surface area contributed by atoms with Gasteiger partial charge in [0, 0.05) is 12.8 Å². The number of carbonyl (C=O) groups is 2. The minimum Gasteiger partial charge on any atom is -0.466 e. The van der Waals surface area contributed by atoms with E-state index < -0.39 is 12.1 Å². The van der Waals surface area contributed by atoms with Gasteiger partial charge in [-0.05, 0) is 83.5 Å². The van der Waals surface area contributed by atoms with Crippen LogP contribution >= 0.6 is 0 Å². The van der Waals surface area contributed by atoms with Gasteiger partial charge < -0.3 is 20.3 Å². The third-order valence-corrected chi connectivity index (χ3v) is 12.4. The first-order chi connectivity index (χ1) is 31.0. The number of ether oxygens (including phenoxy) is 1. The molecule has 0 rings (SSSR count). The highest BCUT2D eigenvalue weighted by molar-refractivity contribution is 5.76. The largest absolute Gasteiger partial charge is 0.466 e. The van der Waals surface area contributed by atoms with Crippen molar-refractivity contribution in [1.29, 1.82) is 0 Å². The third kappa shape index (κ3) is 49.1. The first-order valence-corrected chi connectivity index (χ1v) is 27.4. The molecule has 0 aromatic heterocycles. The molecule has 2 unspecified atom stereocenters. The van der Waals surface area contributed by atoms with Crippen LogP contribution in [0, 0.1) is 0 Å². The Morgan fingerprint density at radius 2 is 0.873 bits per heavy atom. The van der Waals surface area contributed by atoms with E-state index in [0.717, 1.165) is 89.9 Å². The third-order valence-electron chi connectivity index (χ3n) is 12.4. The Kier molecular flexibility index (Phi) is 50.6. The molecule has 0 heterocycles. The molecule has 368 valence electrons. The molecule has 0 aliphatic carbocycles. The van der Waals surface area contributed by atoms with Gasteiger partial charge >= 0.3 is 5.97 Å². The summed E-state index contributed by atoms with van der Waals surface area (Å²) in [5, 5.41) is 23.3. The van der Waals surface area contributed by atoms with Crippen molar-refractivity contribution in [3.63, 3.8) is 0 Å². The molecule has 0 saturated heterocycles. The summed E-state index contributed by atoms with van der Waals surface area (Å²) in [5.41, 5.74) is 0. The number of hydrogen-bond acceptors (Lipinski definition) is 5. The van der Waals surface area contributed by atoms with Crippen LogP contribution in [0.25, 0.3) is 0 Å². The quantitative estimate of drug-likeness (QED) is 0.0245. The zero-order valence-electron chi connectivity index (χ0n) is 41.8. The maximum Gasteiger partial charge on any atom is 0.305 e. The van der Waals surface area contributed by atoms with Gasteiger partial charge in [0.2, 0.25) is 5.91 Å². The fourth-order valence-corrected chi connectivity index (χ4v) is 8.14. The first-order valence-electron chi connectivity index (χ1n) is 27.4. The summed E-state index contributed by atoms with van der Waals surface area (Å²) in [7, 11) is 0. The molecule has 0 fully saturated rings. The van der Waals surface area contributed by atoms with Gasteiger partial charge in [0.25, 0.3) is 0 Å². The summed E-state index contributed by atoms with van der Waals surface area (Å²) < 4.78 is 5.43. The van der Waals surface area contributed by atoms with Gasteiger partial charge in [-0.1, -0.05) is 229 Å². The Morgan fingerprint density at radius 1 is 0.460 bits per heavy atom. The summed E-state index contributed by atoms with van der Waals surface area (Å²) in [4.78, 5) is 24.5. The van der Waals surface area contributed by atoms with Crippen LogP contribution in [0.15, 0.2) is 48.6 Å². The zero-order valence-corrected chi connectivity index (χ0v) is 41.8. The van der Waals surface area contributed by atoms with E-state index in [1.165, 1.54) is 154 Å². The van der Waals surface area contributed by atoms with E-state index in [9.17, 15) is 19.8 Å². The van der Waals surface area contributed by atoms with Crippen LogP contribution in [-0.4, -0.2) is 47.4 Å². The number of unbranched alkanes of at least 4 members (excludes halogenated alkanes) is 32. The van der Waals surface area contributed by atoms with Crippen molar-refractivity contribution in [3.05, 3.63) is 48.6 Å². The van der Waals surface area contributed by atoms with Gasteiger partial charge in [0.1, 0.15) is 0 Å². The van der Waals surface area contributed by atoms with Gasteiger partial charge in [-0.3, -0.25) is 9.59 Å². The molecule has 0 aliphatic rings. The Balaban J connectivity index is 3.54. The molecule has 0 saturated carbocycles. The Labute approximate surface area is 391 Å². The molecule has 0 bridgehead atoms. The monoisotopic (exact) mass is 884 g/mol. The summed E-state index contributed by atoms with van der Waals surface area (Å²) in [6.07, 6.45) is 65.2. The normalized spacial score (nSPS) is 13.0. The fourth-order valence-electron chi connectivity index (χ4n) is 8.14. The lowest BCUT2D eigenvalue weighted by atomic mass is 10.0. The highest BCUT2D eigenvalue weighted by atomic mass is 16.5. The predicted octanol–water partition coefficient (Wildman–Crippen LogP) is 16.6. The lowest BCUT2D eigenvalue weighted by Crippen LogP contribution is -2.45. The van der Waals surface area contributed by atoms with E-state index in [1.807, 2.05) is 0 Å². The molecule has 2 atom stereocenters. The van der Waals surface area contributed by atoms with Crippen LogP contribution in [0.3, 0.4) is 0 Å². The number of rotatable bonds is 50. The standard InChI is InChI=1S/C57H105NO5/c1-3-5-7-9-11-13-15-17-18-19-20-22-26-29-33-37-41-45-49-55(60)54(53-59)58-56(61)50-46-42-38-34-30-27-23-21-24-28-32-36-40-44-48-52-63-57(62)51-47-43-39-35-31-25-16-14-12-10-8-6-4-2/h8,10,14,16,21,24,28,32,54-55,59-60H,3-7,9,11-13,15,17-20,22-23,25-27,29-31,33-53H2,1-2H3,(H,58,61)/b10-8-,16-14-,24-21-,32-28-. The van der Waals surface area contributed by atoms with Gasteiger partial charge in [-0.2, -0.15) is 0 Å². The lowest BCUT2D eigenvalue weighted by Gasteiger charge is -2.22. The first kappa shape index (κ1) is 60.8. The highest BCUT2D eigenvalue weighted by Crippen LogP contribution is 2.16. The Bertz CT molecular complexity index is 1070. The predicted molar refractivity (Wildman–Crippen MR) is 273 cm³/mol. The number of carbonyl (C=O) groups excluding carboxylic acids is 2. The number of nitrogens with one attached hydrogen (secondary N) is 1. The number of allylic oxidation sites excluding steroid dienone is 8. The summed E-state index contributed by atoms with van der Waals surface area (Å²) in [6, 6.07) is -0.560. The molecule has 6 heteroatoms. The van der Waals surface area contributed by atoms with Crippen molar-refractivity contribution in [2.45, 2.75) is 289 Å². The molecule has 6 nitrogen and oxygen atoms in total. The van der Waals surface area contributed by atoms with E-state index in [4.69, 9.17) is 4.74 Å². The molecule has 63 heavy (non-hydrogen) atoms. The van der Waals surface area contributed by atoms with Crippen LogP contribution in [0.5, 0.6) is 0 Å². The van der Waals surface area contributed by atoms with Crippen molar-refractivity contribution in [3.8, 4) is 0 Å². The van der Waals surface area contributed by atoms with E-state index >= 15 is 0 Å². The lowest BCUT2D eigenvalue weighted by molar-refractivity contribution is -0.143. The van der Waals surface area contributed by atoms with Crippen molar-refractivity contribution >= 4 is 11.9 Å². The number of amides is 1. The van der Waals surface area contributed by atoms with Crippen LogP contribution in [0.4, 0.5) is 0 Å². The molecule has 0 radical (unpaired) electrons. The minimum atomic E-state index is -0.680. The number of aliphatic hydroxyl groups is 2. The summed E-state index contributed by atoms with van der Waals surface area (Å²) in [6.45, 7) is 4.83. The topological polar surface area (TPSA) is 95.9 Å². The van der Waals surface area contributed by atoms with Crippen LogP contribution in [0.1, 0.15) is 277 Å². The van der Waals surface area contributed by atoms with Crippen molar-refractivity contribution < 1.29 is 24.5 Å². The zero-order chi connectivity index (χ0) is 45.8. The molecule has 1 amide bonds. The summed E-state index contributed by atoms with van der Waals surface area (Å²) in [5.74, 6) is -0.0950. The fraction of sp³-hybridized carbons (Fsp3) is 0.825. The second-order valence-corrected chi connectivity index (χ2v) is 18.6. The average Bonchev–Trinajstić information content (AvgIpc) is 3.28. The second-order valence-electron chi connectivity index (χ2n) is 18.6. The molecule has 0 spiro atoms. The molecular formula is C57H105NO5. The molecule has 0 aliphatic heterocycles. The smallest absolute Gasteiger partial charge is 0.305 e. The van der Waals surface area contributed by atoms with Crippen molar-refractivity contribution in [2.75, 3.05) is 13.2 Å². The number of esters is 1. The van der Waals surface area contributed by atoms with E-state index in [0.29, 0.717) is 25.9 Å². The molecular weight excluding hydrogens is 779 g/mol. The van der Waals surface area contributed by atoms with Gasteiger partial charge in [0.15, 0.2) is 0 Å². The molecule has 0 aromatic carbocycles. The second kappa shape index (κ2) is 52.4. The maximum absolute atomic E-state index is 12.5. The van der Waals surface area contributed by atoms with Crippen molar-refractivity contribution in [2.24, 2.45) is 0 Å². The van der Waals surface area contributed by atoms with Gasteiger partial charge in [-0.25, -0.2) is 0 Å². The number of hydrogen-bond donors (Lipinski definition) is 3. The Hall–Kier alpha value is -2.18. The van der Waals surface area contributed by atoms with E-state index in [1.54, 1.807) is 0 Å². The average molecular weight is 884 g/mol. The van der Waals surface area contributed by atoms with Gasteiger partial charge in [0.05, 0.1) is 25.4 Å². The van der Waals surface area contributed by atoms with Gasteiger partial charge in [-0.15, -0.1) is 0 Å². The SMILES string of the molecule is CCC/C=C\C/C=C\CCCCCCCC(=O)OCCCCC/C=C\C=C/CCCCCCCCC(=O)NC(CO)C(O)CCCCCCCCCCCCCCCCCCCC. The highest BCUT2D eigenvalue weighted by Gasteiger charge is 2.20. The molecule has 0 aromatic rings. The van der Waals surface area contributed by atoms with Crippen LogP contribution in [-0.2, 0) is 14.3 Å². The van der Waals surface area contributed by atoms with Crippen LogP contribution in [0.2, 0.25) is 0 Å². The minimum absolute atomic E-state index is 0.0374. The number of aliphatic hydroxyl groups excluding tert-OH is 2. The van der Waals surface area contributed by atoms with E-state index in [-0.39, 0.29) is 18.5 Å².